The number of benzene rings is 1. The molecular weight excluding hydrogens is 366 g/mol. The number of carbonyl (C=O) groups is 1. The predicted molar refractivity (Wildman–Crippen MR) is 93.6 cm³/mol. The molecule has 1 N–H and O–H groups in total. The van der Waals surface area contributed by atoms with Gasteiger partial charge in [-0.25, -0.2) is 4.98 Å². The number of nitrogens with zero attached hydrogens (tertiary/aromatic N) is 2. The van der Waals surface area contributed by atoms with Crippen LogP contribution in [0.2, 0.25) is 5.02 Å². The van der Waals surface area contributed by atoms with Crippen LogP contribution in [0.5, 0.6) is 0 Å². The summed E-state index contributed by atoms with van der Waals surface area (Å²) in [5.74, 6) is 0.690. The fraction of sp³-hybridized carbons (Fsp3) is 0.250. The van der Waals surface area contributed by atoms with Crippen molar-refractivity contribution in [3.05, 3.63) is 57.2 Å². The molecule has 0 aliphatic rings. The molecule has 116 valence electrons. The second-order valence-electron chi connectivity index (χ2n) is 5.04. The average molecular weight is 383 g/mol. The Morgan fingerprint density at radius 3 is 2.73 bits per heavy atom. The first-order chi connectivity index (χ1) is 10.5. The van der Waals surface area contributed by atoms with Crippen molar-refractivity contribution in [3.8, 4) is 0 Å². The number of anilines is 1. The molecule has 0 bridgehead atoms. The number of rotatable bonds is 5. The Bertz CT molecular complexity index is 659. The van der Waals surface area contributed by atoms with E-state index in [-0.39, 0.29) is 5.91 Å². The summed E-state index contributed by atoms with van der Waals surface area (Å²) in [6.45, 7) is 0.729. The third-order valence-corrected chi connectivity index (χ3v) is 4.13. The minimum absolute atomic E-state index is 0.0538. The summed E-state index contributed by atoms with van der Waals surface area (Å²) in [6.07, 6.45) is 2.40. The summed E-state index contributed by atoms with van der Waals surface area (Å²) in [5, 5.41) is 3.96. The van der Waals surface area contributed by atoms with E-state index in [0.29, 0.717) is 5.56 Å². The van der Waals surface area contributed by atoms with Gasteiger partial charge in [0.1, 0.15) is 5.82 Å². The Kier molecular flexibility index (Phi) is 5.80. The predicted octanol–water partition coefficient (Wildman–Crippen LogP) is 3.85. The molecule has 1 aromatic carbocycles. The normalized spacial score (nSPS) is 10.4. The molecule has 0 unspecified atom stereocenters. The van der Waals surface area contributed by atoms with Gasteiger partial charge in [-0.05, 0) is 42.3 Å². The van der Waals surface area contributed by atoms with E-state index in [1.807, 2.05) is 24.3 Å². The molecule has 6 heteroatoms. The first kappa shape index (κ1) is 16.8. The third-order valence-electron chi connectivity index (χ3n) is 3.12. The molecular formula is C16H17BrClN3O. The number of halogens is 2. The summed E-state index contributed by atoms with van der Waals surface area (Å²) in [6, 6.07) is 9.32. The van der Waals surface area contributed by atoms with Crippen LogP contribution in [0.3, 0.4) is 0 Å². The molecule has 1 aromatic heterocycles. The summed E-state index contributed by atoms with van der Waals surface area (Å²) < 4.78 is 1.04. The molecule has 1 amide bonds. The second kappa shape index (κ2) is 7.61. The molecule has 0 radical (unpaired) electrons. The lowest BCUT2D eigenvalue weighted by atomic mass is 10.1. The molecule has 0 saturated heterocycles. The zero-order chi connectivity index (χ0) is 16.1. The van der Waals surface area contributed by atoms with Gasteiger partial charge in [0.15, 0.2) is 0 Å². The second-order valence-corrected chi connectivity index (χ2v) is 6.33. The van der Waals surface area contributed by atoms with Gasteiger partial charge in [-0.2, -0.15) is 0 Å². The highest BCUT2D eigenvalue weighted by molar-refractivity contribution is 9.10. The summed E-state index contributed by atoms with van der Waals surface area (Å²) in [4.78, 5) is 17.6. The third kappa shape index (κ3) is 4.45. The van der Waals surface area contributed by atoms with Crippen molar-refractivity contribution in [2.45, 2.75) is 6.42 Å². The molecule has 2 aromatic rings. The topological polar surface area (TPSA) is 45.2 Å². The summed E-state index contributed by atoms with van der Waals surface area (Å²) >= 11 is 9.51. The van der Waals surface area contributed by atoms with E-state index < -0.39 is 0 Å². The van der Waals surface area contributed by atoms with E-state index in [2.05, 4.69) is 26.2 Å². The van der Waals surface area contributed by atoms with E-state index in [1.165, 1.54) is 4.90 Å². The Hall–Kier alpha value is -1.59. The Balaban J connectivity index is 1.92. The van der Waals surface area contributed by atoms with E-state index in [1.54, 1.807) is 26.4 Å². The van der Waals surface area contributed by atoms with Crippen LogP contribution in [0.4, 0.5) is 5.82 Å². The van der Waals surface area contributed by atoms with Gasteiger partial charge in [-0.1, -0.05) is 27.5 Å². The smallest absolute Gasteiger partial charge is 0.254 e. The van der Waals surface area contributed by atoms with Crippen LogP contribution in [-0.4, -0.2) is 36.4 Å². The molecule has 4 nitrogen and oxygen atoms in total. The minimum Gasteiger partial charge on any atom is -0.370 e. The standard InChI is InChI=1S/C16H17BrClN3O/c1-21(2)16(22)12-3-6-15(20-10-12)19-8-7-11-9-13(18)4-5-14(11)17/h3-6,9-10H,7-8H2,1-2H3,(H,19,20). The number of carbonyl (C=O) groups excluding carboxylic acids is 1. The van der Waals surface area contributed by atoms with Gasteiger partial charge in [-0.15, -0.1) is 0 Å². The van der Waals surface area contributed by atoms with Gasteiger partial charge in [0.2, 0.25) is 0 Å². The quantitative estimate of drug-likeness (QED) is 0.854. The lowest BCUT2D eigenvalue weighted by Crippen LogP contribution is -2.21. The van der Waals surface area contributed by atoms with E-state index in [4.69, 9.17) is 11.6 Å². The summed E-state index contributed by atoms with van der Waals surface area (Å²) in [7, 11) is 3.44. The zero-order valence-electron chi connectivity index (χ0n) is 12.4. The molecule has 0 saturated carbocycles. The van der Waals surface area contributed by atoms with Crippen molar-refractivity contribution in [2.75, 3.05) is 26.0 Å². The van der Waals surface area contributed by atoms with Gasteiger partial charge in [0, 0.05) is 36.3 Å². The van der Waals surface area contributed by atoms with Crippen molar-refractivity contribution < 1.29 is 4.79 Å². The molecule has 0 aliphatic heterocycles. The van der Waals surface area contributed by atoms with Gasteiger partial charge in [0.25, 0.3) is 5.91 Å². The maximum Gasteiger partial charge on any atom is 0.254 e. The zero-order valence-corrected chi connectivity index (χ0v) is 14.8. The minimum atomic E-state index is -0.0538. The number of nitrogens with one attached hydrogen (secondary N) is 1. The highest BCUT2D eigenvalue weighted by Crippen LogP contribution is 2.21. The van der Waals surface area contributed by atoms with Gasteiger partial charge < -0.3 is 10.2 Å². The molecule has 22 heavy (non-hydrogen) atoms. The highest BCUT2D eigenvalue weighted by atomic mass is 79.9. The lowest BCUT2D eigenvalue weighted by molar-refractivity contribution is 0.0827. The van der Waals surface area contributed by atoms with Crippen molar-refractivity contribution >= 4 is 39.3 Å². The highest BCUT2D eigenvalue weighted by Gasteiger charge is 2.08. The number of amides is 1. The summed E-state index contributed by atoms with van der Waals surface area (Å²) in [5.41, 5.74) is 1.72. The lowest BCUT2D eigenvalue weighted by Gasteiger charge is -2.11. The van der Waals surface area contributed by atoms with Gasteiger partial charge in [0.05, 0.1) is 5.56 Å². The van der Waals surface area contributed by atoms with Gasteiger partial charge >= 0.3 is 0 Å². The van der Waals surface area contributed by atoms with Crippen LogP contribution in [0, 0.1) is 0 Å². The first-order valence-corrected chi connectivity index (χ1v) is 8.00. The Labute approximate surface area is 143 Å². The molecule has 0 fully saturated rings. The van der Waals surface area contributed by atoms with Crippen LogP contribution in [0.15, 0.2) is 41.0 Å². The van der Waals surface area contributed by atoms with E-state index >= 15 is 0 Å². The monoisotopic (exact) mass is 381 g/mol. The fourth-order valence-corrected chi connectivity index (χ4v) is 2.58. The molecule has 1 heterocycles. The first-order valence-electron chi connectivity index (χ1n) is 6.83. The Morgan fingerprint density at radius 2 is 2.09 bits per heavy atom. The van der Waals surface area contributed by atoms with Gasteiger partial charge in [-0.3, -0.25) is 4.79 Å². The average Bonchev–Trinajstić information content (AvgIpc) is 2.50. The van der Waals surface area contributed by atoms with Crippen LogP contribution in [0.25, 0.3) is 0 Å². The number of aromatic nitrogens is 1. The molecule has 0 aliphatic carbocycles. The SMILES string of the molecule is CN(C)C(=O)c1ccc(NCCc2cc(Cl)ccc2Br)nc1. The number of hydrogen-bond acceptors (Lipinski definition) is 3. The maximum atomic E-state index is 11.8. The van der Waals surface area contributed by atoms with Crippen molar-refractivity contribution in [2.24, 2.45) is 0 Å². The number of pyridine rings is 1. The fourth-order valence-electron chi connectivity index (χ4n) is 1.94. The van der Waals surface area contributed by atoms with Crippen molar-refractivity contribution in [1.82, 2.24) is 9.88 Å². The largest absolute Gasteiger partial charge is 0.370 e. The number of hydrogen-bond donors (Lipinski definition) is 1. The van der Waals surface area contributed by atoms with Crippen LogP contribution in [-0.2, 0) is 6.42 Å². The van der Waals surface area contributed by atoms with Crippen LogP contribution >= 0.6 is 27.5 Å². The molecule has 2 rings (SSSR count). The van der Waals surface area contributed by atoms with Crippen LogP contribution < -0.4 is 5.32 Å². The maximum absolute atomic E-state index is 11.8. The van der Waals surface area contributed by atoms with Crippen molar-refractivity contribution in [1.29, 1.82) is 0 Å². The van der Waals surface area contributed by atoms with E-state index in [0.717, 1.165) is 33.8 Å². The molecule has 0 spiro atoms. The van der Waals surface area contributed by atoms with Crippen molar-refractivity contribution in [3.63, 3.8) is 0 Å². The van der Waals surface area contributed by atoms with Crippen LogP contribution in [0.1, 0.15) is 15.9 Å². The molecule has 0 atom stereocenters. The Morgan fingerprint density at radius 1 is 1.32 bits per heavy atom. The van der Waals surface area contributed by atoms with E-state index in [9.17, 15) is 4.79 Å².